The minimum atomic E-state index is -4.43. The lowest BCUT2D eigenvalue weighted by atomic mass is 10.1. The molecule has 0 aliphatic rings. The molecule has 4 nitrogen and oxygen atoms in total. The van der Waals surface area contributed by atoms with Crippen molar-refractivity contribution in [3.05, 3.63) is 71.2 Å². The fourth-order valence-electron chi connectivity index (χ4n) is 3.08. The number of rotatable bonds is 5. The quantitative estimate of drug-likeness (QED) is 0.586. The summed E-state index contributed by atoms with van der Waals surface area (Å²) >= 11 is 0. The zero-order valence-corrected chi connectivity index (χ0v) is 16.5. The zero-order valence-electron chi connectivity index (χ0n) is 16.5. The second-order valence-corrected chi connectivity index (χ2v) is 7.48. The maximum absolute atomic E-state index is 13.1. The third kappa shape index (κ3) is 5.10. The molecule has 0 spiro atoms. The van der Waals surface area contributed by atoms with E-state index < -0.39 is 11.7 Å². The Hall–Kier alpha value is -2.96. The van der Waals surface area contributed by atoms with E-state index in [4.69, 9.17) is 0 Å². The van der Waals surface area contributed by atoms with Gasteiger partial charge in [-0.25, -0.2) is 0 Å². The van der Waals surface area contributed by atoms with Gasteiger partial charge in [0.2, 0.25) is 0 Å². The molecule has 0 aliphatic heterocycles. The molecule has 0 atom stereocenters. The highest BCUT2D eigenvalue weighted by Gasteiger charge is 2.30. The van der Waals surface area contributed by atoms with E-state index in [9.17, 15) is 18.0 Å². The van der Waals surface area contributed by atoms with Crippen LogP contribution >= 0.6 is 0 Å². The number of carbonyl (C=O) groups excluding carboxylic acids is 1. The van der Waals surface area contributed by atoms with Crippen LogP contribution in [0.15, 0.2) is 48.7 Å². The zero-order chi connectivity index (χ0) is 21.2. The van der Waals surface area contributed by atoms with Gasteiger partial charge in [-0.2, -0.15) is 13.2 Å². The highest BCUT2D eigenvalue weighted by atomic mass is 19.4. The molecule has 0 unspecified atom stereocenters. The van der Waals surface area contributed by atoms with Gasteiger partial charge in [0.25, 0.3) is 5.91 Å². The molecule has 0 saturated carbocycles. The molecule has 0 aliphatic carbocycles. The van der Waals surface area contributed by atoms with Gasteiger partial charge < -0.3 is 4.90 Å². The lowest BCUT2D eigenvalue weighted by molar-refractivity contribution is -0.137. The standard InChI is InChI=1S/C22H22F3N3O/c1-14(2)12-28(13-19-8-7-18(11-26-19)22(23,24)25)21(29)17-6-9-20-16(10-17)5-4-15(3)27-20/h4-11,14H,12-13H2,1-3H3. The van der Waals surface area contributed by atoms with Crippen LogP contribution in [0.4, 0.5) is 13.2 Å². The fourth-order valence-corrected chi connectivity index (χ4v) is 3.08. The summed E-state index contributed by atoms with van der Waals surface area (Å²) in [5.74, 6) is 0.000967. The number of hydrogen-bond donors (Lipinski definition) is 0. The Morgan fingerprint density at radius 1 is 1.10 bits per heavy atom. The van der Waals surface area contributed by atoms with Crippen LogP contribution in [0.1, 0.15) is 41.2 Å². The number of amides is 1. The Bertz CT molecular complexity index is 1010. The normalized spacial score (nSPS) is 11.8. The lowest BCUT2D eigenvalue weighted by Gasteiger charge is -2.24. The van der Waals surface area contributed by atoms with Crippen molar-refractivity contribution in [3.8, 4) is 0 Å². The minimum absolute atomic E-state index is 0.138. The number of halogens is 3. The molecule has 7 heteroatoms. The SMILES string of the molecule is Cc1ccc2cc(C(=O)N(Cc3ccc(C(F)(F)F)cn3)CC(C)C)ccc2n1. The number of fused-ring (bicyclic) bond motifs is 1. The number of pyridine rings is 2. The lowest BCUT2D eigenvalue weighted by Crippen LogP contribution is -2.34. The maximum Gasteiger partial charge on any atom is 0.417 e. The van der Waals surface area contributed by atoms with Gasteiger partial charge in [-0.3, -0.25) is 14.8 Å². The molecule has 3 rings (SSSR count). The van der Waals surface area contributed by atoms with E-state index in [0.29, 0.717) is 17.8 Å². The van der Waals surface area contributed by atoms with Crippen LogP contribution in [0.3, 0.4) is 0 Å². The van der Waals surface area contributed by atoms with Crippen LogP contribution in [0.2, 0.25) is 0 Å². The molecule has 1 amide bonds. The Balaban J connectivity index is 1.86. The smallest absolute Gasteiger partial charge is 0.332 e. The van der Waals surface area contributed by atoms with Crippen molar-refractivity contribution < 1.29 is 18.0 Å². The molecule has 0 bridgehead atoms. The molecule has 1 aromatic carbocycles. The van der Waals surface area contributed by atoms with E-state index in [-0.39, 0.29) is 18.4 Å². The van der Waals surface area contributed by atoms with Crippen molar-refractivity contribution in [3.63, 3.8) is 0 Å². The summed E-state index contributed by atoms with van der Waals surface area (Å²) in [6, 6.07) is 11.4. The molecule has 0 saturated heterocycles. The van der Waals surface area contributed by atoms with Gasteiger partial charge in [0, 0.05) is 29.4 Å². The Morgan fingerprint density at radius 2 is 1.86 bits per heavy atom. The minimum Gasteiger partial charge on any atom is -0.332 e. The molecule has 29 heavy (non-hydrogen) atoms. The predicted octanol–water partition coefficient (Wildman–Crippen LogP) is 5.26. The molecule has 3 aromatic rings. The second kappa shape index (κ2) is 8.19. The van der Waals surface area contributed by atoms with E-state index in [1.54, 1.807) is 23.1 Å². The number of hydrogen-bond acceptors (Lipinski definition) is 3. The molecular weight excluding hydrogens is 379 g/mol. The van der Waals surface area contributed by atoms with Crippen molar-refractivity contribution in [1.82, 2.24) is 14.9 Å². The maximum atomic E-state index is 13.1. The molecule has 0 fully saturated rings. The number of nitrogens with zero attached hydrogens (tertiary/aromatic N) is 3. The first kappa shape index (κ1) is 20.8. The first-order valence-corrected chi connectivity index (χ1v) is 9.32. The molecule has 0 N–H and O–H groups in total. The van der Waals surface area contributed by atoms with Crippen molar-refractivity contribution in [2.75, 3.05) is 6.54 Å². The first-order chi connectivity index (χ1) is 13.6. The average molecular weight is 401 g/mol. The van der Waals surface area contributed by atoms with Crippen LogP contribution < -0.4 is 0 Å². The number of aryl methyl sites for hydroxylation is 1. The Kier molecular flexibility index (Phi) is 5.86. The van der Waals surface area contributed by atoms with Gasteiger partial charge in [0.05, 0.1) is 23.3 Å². The topological polar surface area (TPSA) is 46.1 Å². The van der Waals surface area contributed by atoms with Crippen LogP contribution in [-0.2, 0) is 12.7 Å². The summed E-state index contributed by atoms with van der Waals surface area (Å²) in [6.45, 7) is 6.46. The summed E-state index contributed by atoms with van der Waals surface area (Å²) in [7, 11) is 0. The summed E-state index contributed by atoms with van der Waals surface area (Å²) in [4.78, 5) is 23.1. The van der Waals surface area contributed by atoms with Crippen molar-refractivity contribution in [1.29, 1.82) is 0 Å². The van der Waals surface area contributed by atoms with Crippen LogP contribution in [0.5, 0.6) is 0 Å². The third-order valence-corrected chi connectivity index (χ3v) is 4.45. The number of aromatic nitrogens is 2. The summed E-state index contributed by atoms with van der Waals surface area (Å²) in [6.07, 6.45) is -3.63. The largest absolute Gasteiger partial charge is 0.417 e. The van der Waals surface area contributed by atoms with Gasteiger partial charge in [0.15, 0.2) is 0 Å². The van der Waals surface area contributed by atoms with Gasteiger partial charge in [-0.15, -0.1) is 0 Å². The first-order valence-electron chi connectivity index (χ1n) is 9.32. The molecular formula is C22H22F3N3O. The van der Waals surface area contributed by atoms with E-state index in [2.05, 4.69) is 9.97 Å². The summed E-state index contributed by atoms with van der Waals surface area (Å²) in [5, 5.41) is 0.860. The van der Waals surface area contributed by atoms with Crippen molar-refractivity contribution in [2.24, 2.45) is 5.92 Å². The third-order valence-electron chi connectivity index (χ3n) is 4.45. The van der Waals surface area contributed by atoms with Gasteiger partial charge in [-0.1, -0.05) is 19.9 Å². The van der Waals surface area contributed by atoms with Crippen LogP contribution in [0.25, 0.3) is 10.9 Å². The summed E-state index contributed by atoms with van der Waals surface area (Å²) < 4.78 is 38.2. The van der Waals surface area contributed by atoms with Crippen molar-refractivity contribution in [2.45, 2.75) is 33.5 Å². The predicted molar refractivity (Wildman–Crippen MR) is 105 cm³/mol. The average Bonchev–Trinajstić information content (AvgIpc) is 2.66. The summed E-state index contributed by atoms with van der Waals surface area (Å²) in [5.41, 5.74) is 1.81. The molecule has 2 heterocycles. The van der Waals surface area contributed by atoms with Crippen LogP contribution in [0, 0.1) is 12.8 Å². The highest BCUT2D eigenvalue weighted by molar-refractivity contribution is 5.98. The molecule has 152 valence electrons. The molecule has 0 radical (unpaired) electrons. The number of benzene rings is 1. The van der Waals surface area contributed by atoms with Crippen molar-refractivity contribution >= 4 is 16.8 Å². The van der Waals surface area contributed by atoms with Gasteiger partial charge >= 0.3 is 6.18 Å². The van der Waals surface area contributed by atoms with Crippen LogP contribution in [-0.4, -0.2) is 27.3 Å². The number of carbonyl (C=O) groups is 1. The van der Waals surface area contributed by atoms with E-state index in [1.807, 2.05) is 32.9 Å². The van der Waals surface area contributed by atoms with Gasteiger partial charge in [0.1, 0.15) is 0 Å². The monoisotopic (exact) mass is 401 g/mol. The van der Waals surface area contributed by atoms with Gasteiger partial charge in [-0.05, 0) is 49.2 Å². The molecule has 2 aromatic heterocycles. The fraction of sp³-hybridized carbons (Fsp3) is 0.318. The van der Waals surface area contributed by atoms with E-state index >= 15 is 0 Å². The Labute approximate surface area is 167 Å². The Morgan fingerprint density at radius 3 is 2.48 bits per heavy atom. The highest BCUT2D eigenvalue weighted by Crippen LogP contribution is 2.28. The van der Waals surface area contributed by atoms with E-state index in [1.165, 1.54) is 6.07 Å². The van der Waals surface area contributed by atoms with E-state index in [0.717, 1.165) is 28.9 Å². The second-order valence-electron chi connectivity index (χ2n) is 7.48. The number of alkyl halides is 3.